The quantitative estimate of drug-likeness (QED) is 0.774. The minimum atomic E-state index is -0.588. The topological polar surface area (TPSA) is 75.4 Å². The monoisotopic (exact) mass is 270 g/mol. The lowest BCUT2D eigenvalue weighted by atomic mass is 10.1. The third kappa shape index (κ3) is 3.91. The van der Waals surface area contributed by atoms with Gasteiger partial charge in [-0.3, -0.25) is 4.79 Å². The lowest BCUT2D eigenvalue weighted by Crippen LogP contribution is -2.37. The molecule has 0 aliphatic heterocycles. The Morgan fingerprint density at radius 2 is 1.70 bits per heavy atom. The van der Waals surface area contributed by atoms with E-state index in [2.05, 4.69) is 5.32 Å². The van der Waals surface area contributed by atoms with Crippen molar-refractivity contribution in [2.24, 2.45) is 5.73 Å². The van der Waals surface area contributed by atoms with Gasteiger partial charge >= 0.3 is 0 Å². The van der Waals surface area contributed by atoms with Gasteiger partial charge in [-0.25, -0.2) is 0 Å². The summed E-state index contributed by atoms with van der Waals surface area (Å²) in [6.07, 6.45) is 0.501. The molecule has 0 aliphatic carbocycles. The Balaban J connectivity index is 1.93. The first-order chi connectivity index (χ1) is 9.69. The van der Waals surface area contributed by atoms with Crippen LogP contribution in [-0.2, 0) is 17.8 Å². The molecule has 0 aliphatic rings. The van der Waals surface area contributed by atoms with Crippen molar-refractivity contribution < 1.29 is 9.90 Å². The largest absolute Gasteiger partial charge is 0.392 e. The molecule has 0 bridgehead atoms. The Morgan fingerprint density at radius 1 is 1.05 bits per heavy atom. The van der Waals surface area contributed by atoms with Gasteiger partial charge in [0.1, 0.15) is 0 Å². The van der Waals surface area contributed by atoms with Gasteiger partial charge in [0, 0.05) is 5.69 Å². The van der Waals surface area contributed by atoms with Crippen LogP contribution in [0.2, 0.25) is 0 Å². The van der Waals surface area contributed by atoms with Crippen molar-refractivity contribution in [3.63, 3.8) is 0 Å². The van der Waals surface area contributed by atoms with E-state index in [1.807, 2.05) is 30.3 Å². The van der Waals surface area contributed by atoms with Gasteiger partial charge in [0.2, 0.25) is 5.91 Å². The zero-order valence-electron chi connectivity index (χ0n) is 11.1. The van der Waals surface area contributed by atoms with Crippen molar-refractivity contribution >= 4 is 11.6 Å². The minimum Gasteiger partial charge on any atom is -0.392 e. The summed E-state index contributed by atoms with van der Waals surface area (Å²) in [5.41, 5.74) is 8.41. The average molecular weight is 270 g/mol. The number of hydrogen-bond donors (Lipinski definition) is 3. The molecule has 0 fully saturated rings. The molecular weight excluding hydrogens is 252 g/mol. The number of carbonyl (C=O) groups excluding carboxylic acids is 1. The molecule has 2 aromatic carbocycles. The summed E-state index contributed by atoms with van der Waals surface area (Å²) in [4.78, 5) is 12.0. The molecule has 0 saturated heterocycles. The van der Waals surface area contributed by atoms with Gasteiger partial charge in [-0.2, -0.15) is 0 Å². The Morgan fingerprint density at radius 3 is 2.30 bits per heavy atom. The third-order valence-corrected chi connectivity index (χ3v) is 3.04. The van der Waals surface area contributed by atoms with Gasteiger partial charge < -0.3 is 16.2 Å². The first-order valence-corrected chi connectivity index (χ1v) is 6.49. The molecule has 2 aromatic rings. The Labute approximate surface area is 118 Å². The summed E-state index contributed by atoms with van der Waals surface area (Å²) >= 11 is 0. The van der Waals surface area contributed by atoms with Crippen LogP contribution < -0.4 is 11.1 Å². The fraction of sp³-hybridized carbons (Fsp3) is 0.188. The summed E-state index contributed by atoms with van der Waals surface area (Å²) in [6.45, 7) is -0.0122. The van der Waals surface area contributed by atoms with Gasteiger partial charge in [0.05, 0.1) is 12.6 Å². The van der Waals surface area contributed by atoms with Gasteiger partial charge in [0.25, 0.3) is 0 Å². The molecule has 0 unspecified atom stereocenters. The fourth-order valence-electron chi connectivity index (χ4n) is 1.89. The second kappa shape index (κ2) is 6.84. The van der Waals surface area contributed by atoms with E-state index in [1.54, 1.807) is 24.3 Å². The SMILES string of the molecule is N[C@@H](Cc1ccccc1)C(=O)Nc1ccc(CO)cc1. The van der Waals surface area contributed by atoms with Crippen LogP contribution in [0.15, 0.2) is 54.6 Å². The van der Waals surface area contributed by atoms with E-state index in [0.717, 1.165) is 11.1 Å². The maximum Gasteiger partial charge on any atom is 0.241 e. The number of aliphatic hydroxyl groups excluding tert-OH is 1. The summed E-state index contributed by atoms with van der Waals surface area (Å²) in [5.74, 6) is -0.217. The van der Waals surface area contributed by atoms with Crippen LogP contribution in [0.4, 0.5) is 5.69 Å². The van der Waals surface area contributed by atoms with E-state index >= 15 is 0 Å². The van der Waals surface area contributed by atoms with Crippen molar-refractivity contribution in [1.29, 1.82) is 0 Å². The van der Waals surface area contributed by atoms with E-state index in [9.17, 15) is 4.79 Å². The van der Waals surface area contributed by atoms with Crippen LogP contribution >= 0.6 is 0 Å². The van der Waals surface area contributed by atoms with Crippen molar-refractivity contribution in [2.75, 3.05) is 5.32 Å². The van der Waals surface area contributed by atoms with Crippen LogP contribution in [0, 0.1) is 0 Å². The molecule has 1 atom stereocenters. The highest BCUT2D eigenvalue weighted by molar-refractivity contribution is 5.94. The molecular formula is C16H18N2O2. The number of rotatable bonds is 5. The molecule has 2 rings (SSSR count). The van der Waals surface area contributed by atoms with Gasteiger partial charge in [-0.1, -0.05) is 42.5 Å². The summed E-state index contributed by atoms with van der Waals surface area (Å²) in [7, 11) is 0. The van der Waals surface area contributed by atoms with Crippen molar-refractivity contribution in [3.8, 4) is 0 Å². The lowest BCUT2D eigenvalue weighted by Gasteiger charge is -2.12. The number of benzene rings is 2. The maximum atomic E-state index is 12.0. The van der Waals surface area contributed by atoms with Crippen molar-refractivity contribution in [2.45, 2.75) is 19.1 Å². The van der Waals surface area contributed by atoms with Crippen LogP contribution in [0.3, 0.4) is 0 Å². The first-order valence-electron chi connectivity index (χ1n) is 6.49. The Hall–Kier alpha value is -2.17. The highest BCUT2D eigenvalue weighted by Crippen LogP contribution is 2.10. The van der Waals surface area contributed by atoms with Crippen LogP contribution in [0.5, 0.6) is 0 Å². The summed E-state index contributed by atoms with van der Waals surface area (Å²) in [5, 5.41) is 11.7. The standard InChI is InChI=1S/C16H18N2O2/c17-15(10-12-4-2-1-3-5-12)16(20)18-14-8-6-13(11-19)7-9-14/h1-9,15,19H,10-11,17H2,(H,18,20)/t15-/m0/s1. The number of amides is 1. The lowest BCUT2D eigenvalue weighted by molar-refractivity contribution is -0.117. The summed E-state index contributed by atoms with van der Waals surface area (Å²) in [6, 6.07) is 16.1. The molecule has 0 aromatic heterocycles. The second-order valence-corrected chi connectivity index (χ2v) is 4.64. The van der Waals surface area contributed by atoms with E-state index in [0.29, 0.717) is 12.1 Å². The zero-order chi connectivity index (χ0) is 14.4. The number of hydrogen-bond acceptors (Lipinski definition) is 3. The highest BCUT2D eigenvalue weighted by atomic mass is 16.3. The predicted octanol–water partition coefficient (Wildman–Crippen LogP) is 1.69. The van der Waals surface area contributed by atoms with Gasteiger partial charge in [-0.05, 0) is 29.7 Å². The van der Waals surface area contributed by atoms with E-state index in [-0.39, 0.29) is 12.5 Å². The summed E-state index contributed by atoms with van der Waals surface area (Å²) < 4.78 is 0. The molecule has 1 amide bonds. The van der Waals surface area contributed by atoms with E-state index in [1.165, 1.54) is 0 Å². The van der Waals surface area contributed by atoms with E-state index in [4.69, 9.17) is 10.8 Å². The number of nitrogens with two attached hydrogens (primary N) is 1. The van der Waals surface area contributed by atoms with Gasteiger partial charge in [-0.15, -0.1) is 0 Å². The number of nitrogens with one attached hydrogen (secondary N) is 1. The Bertz CT molecular complexity index is 552. The average Bonchev–Trinajstić information content (AvgIpc) is 2.49. The normalized spacial score (nSPS) is 11.9. The number of carbonyl (C=O) groups is 1. The predicted molar refractivity (Wildman–Crippen MR) is 79.1 cm³/mol. The van der Waals surface area contributed by atoms with Gasteiger partial charge in [0.15, 0.2) is 0 Å². The second-order valence-electron chi connectivity index (χ2n) is 4.64. The highest BCUT2D eigenvalue weighted by Gasteiger charge is 2.14. The first kappa shape index (κ1) is 14.2. The zero-order valence-corrected chi connectivity index (χ0v) is 11.1. The molecule has 104 valence electrons. The van der Waals surface area contributed by atoms with Crippen LogP contribution in [0.25, 0.3) is 0 Å². The Kier molecular flexibility index (Phi) is 4.87. The fourth-order valence-corrected chi connectivity index (χ4v) is 1.89. The molecule has 0 spiro atoms. The van der Waals surface area contributed by atoms with Crippen molar-refractivity contribution in [3.05, 3.63) is 65.7 Å². The molecule has 20 heavy (non-hydrogen) atoms. The molecule has 4 heteroatoms. The maximum absolute atomic E-state index is 12.0. The minimum absolute atomic E-state index is 0.0122. The third-order valence-electron chi connectivity index (χ3n) is 3.04. The molecule has 4 nitrogen and oxygen atoms in total. The molecule has 0 saturated carbocycles. The number of aliphatic hydroxyl groups is 1. The smallest absolute Gasteiger partial charge is 0.241 e. The van der Waals surface area contributed by atoms with Crippen LogP contribution in [0.1, 0.15) is 11.1 Å². The van der Waals surface area contributed by atoms with Crippen LogP contribution in [-0.4, -0.2) is 17.1 Å². The van der Waals surface area contributed by atoms with E-state index < -0.39 is 6.04 Å². The molecule has 4 N–H and O–H groups in total. The number of anilines is 1. The molecule has 0 heterocycles. The molecule has 0 radical (unpaired) electrons. The van der Waals surface area contributed by atoms with Crippen molar-refractivity contribution in [1.82, 2.24) is 0 Å².